The van der Waals surface area contributed by atoms with Crippen LogP contribution in [0.1, 0.15) is 18.8 Å². The van der Waals surface area contributed by atoms with E-state index in [1.807, 2.05) is 0 Å². The molecule has 2 unspecified atom stereocenters. The molecule has 0 aliphatic carbocycles. The van der Waals surface area contributed by atoms with Crippen molar-refractivity contribution in [1.29, 1.82) is 0 Å². The highest BCUT2D eigenvalue weighted by molar-refractivity contribution is 7.66. The molecule has 32 heavy (non-hydrogen) atoms. The van der Waals surface area contributed by atoms with Crippen molar-refractivity contribution in [1.82, 2.24) is 19.5 Å². The van der Waals surface area contributed by atoms with Crippen LogP contribution in [-0.4, -0.2) is 73.7 Å². The molecule has 17 nitrogen and oxygen atoms in total. The fraction of sp³-hybridized carbons (Fsp3) is 0.583. The van der Waals surface area contributed by atoms with Gasteiger partial charge in [-0.25, -0.2) is 28.6 Å². The lowest BCUT2D eigenvalue weighted by Gasteiger charge is -2.27. The van der Waals surface area contributed by atoms with Gasteiger partial charge in [0.2, 0.25) is 0 Å². The first-order valence-corrected chi connectivity index (χ1v) is 13.0. The van der Waals surface area contributed by atoms with Crippen molar-refractivity contribution in [3.05, 3.63) is 18.3 Å². The molecule has 0 bridgehead atoms. The largest absolute Gasteiger partial charge is 0.490 e. The number of aliphatic hydroxyl groups excluding tert-OH is 1. The first-order valence-electron chi connectivity index (χ1n) is 8.51. The van der Waals surface area contributed by atoms with Gasteiger partial charge in [-0.3, -0.25) is 9.09 Å². The van der Waals surface area contributed by atoms with E-state index in [1.54, 1.807) is 6.92 Å². The van der Waals surface area contributed by atoms with Crippen molar-refractivity contribution >= 4 is 34.6 Å². The van der Waals surface area contributed by atoms with Crippen LogP contribution in [0.25, 0.3) is 11.2 Å². The molecule has 1 aliphatic heterocycles. The van der Waals surface area contributed by atoms with Crippen LogP contribution < -0.4 is 0 Å². The number of aryl methyl sites for hydroxylation is 1. The van der Waals surface area contributed by atoms with Gasteiger partial charge in [0.1, 0.15) is 29.7 Å². The summed E-state index contributed by atoms with van der Waals surface area (Å²) in [6, 6.07) is 0. The van der Waals surface area contributed by atoms with Crippen LogP contribution in [-0.2, 0) is 31.6 Å². The lowest BCUT2D eigenvalue weighted by Crippen LogP contribution is -2.44. The van der Waals surface area contributed by atoms with Crippen LogP contribution in [0.2, 0.25) is 0 Å². The van der Waals surface area contributed by atoms with Crippen LogP contribution in [0, 0.1) is 6.92 Å². The number of phosphoric ester groups is 1. The number of phosphoric acid groups is 3. The predicted octanol–water partition coefficient (Wildman–Crippen LogP) is -0.513. The number of hydrogen-bond acceptors (Lipinski definition) is 12. The van der Waals surface area contributed by atoms with E-state index in [4.69, 9.17) is 19.4 Å². The second-order valence-corrected chi connectivity index (χ2v) is 11.3. The Morgan fingerprint density at radius 1 is 1.12 bits per heavy atom. The van der Waals surface area contributed by atoms with Crippen LogP contribution in [0.4, 0.5) is 0 Å². The summed E-state index contributed by atoms with van der Waals surface area (Å²) in [6.45, 7) is 1.94. The zero-order valence-electron chi connectivity index (χ0n) is 16.3. The van der Waals surface area contributed by atoms with Crippen LogP contribution >= 0.6 is 23.5 Å². The summed E-state index contributed by atoms with van der Waals surface area (Å²) in [6.07, 6.45) is -1.90. The van der Waals surface area contributed by atoms with Gasteiger partial charge in [-0.05, 0) is 13.8 Å². The van der Waals surface area contributed by atoms with Gasteiger partial charge >= 0.3 is 23.5 Å². The molecule has 2 aromatic heterocycles. The SMILES string of the molecule is Cc1ncnc2c1ncn2[C@@H]1O[C@H](COP(=O)(O)OP(=O)(O)OP(=O)(O)O)[C@@H](O)[C@@]1(C)O. The van der Waals surface area contributed by atoms with E-state index in [2.05, 4.69) is 28.1 Å². The average molecular weight is 520 g/mol. The summed E-state index contributed by atoms with van der Waals surface area (Å²) in [5, 5.41) is 21.2. The normalized spacial score (nSPS) is 30.3. The molecule has 3 rings (SSSR count). The molecule has 6 N–H and O–H groups in total. The first kappa shape index (κ1) is 25.5. The van der Waals surface area contributed by atoms with Gasteiger partial charge in [-0.2, -0.15) is 8.62 Å². The molecule has 6 atom stereocenters. The van der Waals surface area contributed by atoms with Crippen molar-refractivity contribution in [3.63, 3.8) is 0 Å². The zero-order chi connectivity index (χ0) is 24.1. The summed E-state index contributed by atoms with van der Waals surface area (Å²) >= 11 is 0. The molecule has 0 spiro atoms. The molecule has 2 aromatic rings. The number of hydrogen-bond donors (Lipinski definition) is 6. The van der Waals surface area contributed by atoms with E-state index in [0.29, 0.717) is 11.2 Å². The Hall–Kier alpha value is -1.16. The van der Waals surface area contributed by atoms with Crippen LogP contribution in [0.15, 0.2) is 12.7 Å². The van der Waals surface area contributed by atoms with Gasteiger partial charge < -0.3 is 34.5 Å². The second-order valence-electron chi connectivity index (χ2n) is 6.87. The second kappa shape index (κ2) is 8.56. The number of rotatable bonds is 8. The van der Waals surface area contributed by atoms with Crippen LogP contribution in [0.5, 0.6) is 0 Å². The Kier molecular flexibility index (Phi) is 6.81. The minimum atomic E-state index is -5.70. The number of nitrogens with zero attached hydrogens (tertiary/aromatic N) is 4. The molecule has 0 radical (unpaired) electrons. The van der Waals surface area contributed by atoms with Crippen molar-refractivity contribution in [2.45, 2.75) is 37.9 Å². The van der Waals surface area contributed by atoms with E-state index in [0.717, 1.165) is 0 Å². The van der Waals surface area contributed by atoms with Gasteiger partial charge in [-0.15, -0.1) is 0 Å². The van der Waals surface area contributed by atoms with Crippen molar-refractivity contribution in [2.24, 2.45) is 0 Å². The third kappa shape index (κ3) is 5.48. The fourth-order valence-corrected chi connectivity index (χ4v) is 6.02. The Labute approximate surface area is 179 Å². The molecule has 1 saturated heterocycles. The molecule has 1 fully saturated rings. The maximum absolute atomic E-state index is 11.9. The maximum atomic E-state index is 11.9. The van der Waals surface area contributed by atoms with Crippen molar-refractivity contribution in [3.8, 4) is 0 Å². The Balaban J connectivity index is 1.74. The smallest absolute Gasteiger partial charge is 0.387 e. The fourth-order valence-electron chi connectivity index (χ4n) is 2.99. The lowest BCUT2D eigenvalue weighted by atomic mass is 9.96. The monoisotopic (exact) mass is 520 g/mol. The minimum absolute atomic E-state index is 0.267. The molecule has 3 heterocycles. The summed E-state index contributed by atoms with van der Waals surface area (Å²) < 4.78 is 52.4. The average Bonchev–Trinajstić information content (AvgIpc) is 3.11. The Morgan fingerprint density at radius 2 is 1.78 bits per heavy atom. The number of fused-ring (bicyclic) bond motifs is 1. The Morgan fingerprint density at radius 3 is 2.41 bits per heavy atom. The molecular formula is C12H19N4O13P3. The lowest BCUT2D eigenvalue weighted by molar-refractivity contribution is -0.0949. The van der Waals surface area contributed by atoms with E-state index in [9.17, 15) is 28.8 Å². The van der Waals surface area contributed by atoms with Crippen molar-refractivity contribution < 1.29 is 61.4 Å². The highest BCUT2D eigenvalue weighted by atomic mass is 31.3. The van der Waals surface area contributed by atoms with Crippen LogP contribution in [0.3, 0.4) is 0 Å². The van der Waals surface area contributed by atoms with E-state index >= 15 is 0 Å². The molecule has 0 amide bonds. The third-order valence-corrected chi connectivity index (χ3v) is 8.17. The maximum Gasteiger partial charge on any atom is 0.490 e. The van der Waals surface area contributed by atoms with Gasteiger partial charge in [0.05, 0.1) is 18.6 Å². The number of imidazole rings is 1. The molecule has 0 saturated carbocycles. The topological polar surface area (TPSA) is 253 Å². The molecule has 0 aromatic carbocycles. The first-order chi connectivity index (χ1) is 14.5. The predicted molar refractivity (Wildman–Crippen MR) is 100 cm³/mol. The summed E-state index contributed by atoms with van der Waals surface area (Å²) in [5.74, 6) is 0. The quantitative estimate of drug-likeness (QED) is 0.240. The standard InChI is InChI=1S/C12H19N4O13P3/c1-6-8-10(14-4-13-6)16(5-15-8)11-12(2,18)9(17)7(27-11)3-26-31(22,23)29-32(24,25)28-30(19,20)21/h4-5,7,9,11,17-18H,3H2,1-2H3,(H,22,23)(H,24,25)(H2,19,20,21)/t7-,9-,11-,12-/m1/s1. The van der Waals surface area contributed by atoms with E-state index in [1.165, 1.54) is 24.1 Å². The van der Waals surface area contributed by atoms with Gasteiger partial charge in [0.25, 0.3) is 0 Å². The minimum Gasteiger partial charge on any atom is -0.387 e. The van der Waals surface area contributed by atoms with Gasteiger partial charge in [-0.1, -0.05) is 0 Å². The van der Waals surface area contributed by atoms with Gasteiger partial charge in [0.15, 0.2) is 11.9 Å². The molecule has 180 valence electrons. The summed E-state index contributed by atoms with van der Waals surface area (Å²) in [7, 11) is -16.7. The zero-order valence-corrected chi connectivity index (χ0v) is 18.9. The van der Waals surface area contributed by atoms with Gasteiger partial charge in [0, 0.05) is 0 Å². The summed E-state index contributed by atoms with van der Waals surface area (Å²) in [4.78, 5) is 47.9. The molecule has 20 heteroatoms. The summed E-state index contributed by atoms with van der Waals surface area (Å²) in [5.41, 5.74) is -0.769. The highest BCUT2D eigenvalue weighted by Gasteiger charge is 2.54. The van der Waals surface area contributed by atoms with E-state index in [-0.39, 0.29) is 5.65 Å². The van der Waals surface area contributed by atoms with Crippen molar-refractivity contribution in [2.75, 3.05) is 6.61 Å². The number of aliphatic hydroxyl groups is 2. The third-order valence-electron chi connectivity index (χ3n) is 4.37. The Bertz CT molecular complexity index is 1150. The molecule has 1 aliphatic rings. The number of aromatic nitrogens is 4. The molecular weight excluding hydrogens is 501 g/mol. The number of ether oxygens (including phenoxy) is 1. The highest BCUT2D eigenvalue weighted by Crippen LogP contribution is 2.66. The van der Waals surface area contributed by atoms with E-state index < -0.39 is 54.1 Å².